The lowest BCUT2D eigenvalue weighted by Gasteiger charge is -2.43. The first-order valence-electron chi connectivity index (χ1n) is 14.7. The molecule has 2 aromatic carbocycles. The van der Waals surface area contributed by atoms with Crippen LogP contribution in [0.5, 0.6) is 0 Å². The molecule has 0 aliphatic carbocycles. The summed E-state index contributed by atoms with van der Waals surface area (Å²) in [5.41, 5.74) is 5.04. The molecular weight excluding hydrogens is 527 g/mol. The van der Waals surface area contributed by atoms with E-state index in [4.69, 9.17) is 5.26 Å². The second kappa shape index (κ2) is 12.8. The maximum Gasteiger partial charge on any atom is 0.270 e. The van der Waals surface area contributed by atoms with Gasteiger partial charge in [-0.15, -0.1) is 0 Å². The quantitative estimate of drug-likeness (QED) is 0.413. The van der Waals surface area contributed by atoms with Crippen LogP contribution in [-0.2, 0) is 12.1 Å². The minimum absolute atomic E-state index is 0.105. The number of piperazine rings is 1. The Kier molecular flexibility index (Phi) is 9.00. The molecule has 0 radical (unpaired) electrons. The van der Waals surface area contributed by atoms with Crippen molar-refractivity contribution in [3.63, 3.8) is 0 Å². The van der Waals surface area contributed by atoms with Gasteiger partial charge in [-0.05, 0) is 74.2 Å². The first-order chi connectivity index (χ1) is 20.2. The molecule has 3 aromatic rings. The lowest BCUT2D eigenvalue weighted by Crippen LogP contribution is -2.50. The molecular formula is C34H39FN6O. The van der Waals surface area contributed by atoms with Crippen LogP contribution in [0, 0.1) is 17.1 Å². The molecule has 1 aromatic heterocycles. The van der Waals surface area contributed by atoms with Gasteiger partial charge in [-0.2, -0.15) is 5.26 Å². The van der Waals surface area contributed by atoms with Crippen molar-refractivity contribution in [1.82, 2.24) is 25.0 Å². The number of pyridine rings is 1. The summed E-state index contributed by atoms with van der Waals surface area (Å²) in [6.45, 7) is 14.8. The molecule has 5 rings (SSSR count). The van der Waals surface area contributed by atoms with Gasteiger partial charge in [0.2, 0.25) is 0 Å². The molecule has 0 saturated carbocycles. The first-order valence-corrected chi connectivity index (χ1v) is 14.7. The topological polar surface area (TPSA) is 75.5 Å². The molecule has 42 heavy (non-hydrogen) atoms. The average Bonchev–Trinajstić information content (AvgIpc) is 3.02. The Morgan fingerprint density at radius 3 is 2.26 bits per heavy atom. The third kappa shape index (κ3) is 6.87. The van der Waals surface area contributed by atoms with Gasteiger partial charge in [0, 0.05) is 74.9 Å². The number of nitriles is 1. The van der Waals surface area contributed by atoms with Crippen LogP contribution in [0.4, 0.5) is 4.39 Å². The third-order valence-corrected chi connectivity index (χ3v) is 8.74. The zero-order valence-electron chi connectivity index (χ0n) is 24.5. The van der Waals surface area contributed by atoms with Crippen LogP contribution in [0.2, 0.25) is 0 Å². The van der Waals surface area contributed by atoms with Gasteiger partial charge in [-0.3, -0.25) is 19.6 Å². The smallest absolute Gasteiger partial charge is 0.270 e. The minimum Gasteiger partial charge on any atom is -0.369 e. The molecule has 8 heteroatoms. The fourth-order valence-electron chi connectivity index (χ4n) is 5.88. The Morgan fingerprint density at radius 1 is 1.00 bits per heavy atom. The average molecular weight is 567 g/mol. The molecule has 0 atom stereocenters. The molecule has 2 saturated heterocycles. The lowest BCUT2D eigenvalue weighted by atomic mass is 9.89. The van der Waals surface area contributed by atoms with E-state index in [1.165, 1.54) is 17.7 Å². The number of aromatic nitrogens is 1. The Balaban J connectivity index is 1.08. The number of carbonyl (C=O) groups excluding carboxylic acids is 1. The van der Waals surface area contributed by atoms with Crippen LogP contribution in [-0.4, -0.2) is 70.9 Å². The SMILES string of the molecule is C=C(c1ccc(C(=O)NC2CCN(C(C)(C)c3ccc(C#N)cc3)CC2)nc1)N1CCN(Cc2ccc(F)cc2)CC1. The number of likely N-dealkylation sites (tertiary alicyclic amines) is 1. The van der Waals surface area contributed by atoms with Crippen LogP contribution in [0.25, 0.3) is 5.70 Å². The Bertz CT molecular complexity index is 1410. The molecule has 2 aliphatic rings. The predicted molar refractivity (Wildman–Crippen MR) is 163 cm³/mol. The zero-order valence-corrected chi connectivity index (χ0v) is 24.5. The number of benzene rings is 2. The normalized spacial score (nSPS) is 17.0. The standard InChI is InChI=1S/C34H39FN6O/c1-25(40-20-18-39(19-21-40)24-27-6-11-30(35)12-7-27)28-8-13-32(37-23-28)33(42)38-31-14-16-41(17-15-31)34(2,3)29-9-4-26(22-36)5-10-29/h4-13,23,31H,1,14-21,24H2,2-3H3,(H,38,42). The van der Waals surface area contributed by atoms with E-state index in [1.54, 1.807) is 12.3 Å². The number of amides is 1. The minimum atomic E-state index is -0.209. The fraction of sp³-hybridized carbons (Fsp3) is 0.382. The highest BCUT2D eigenvalue weighted by Gasteiger charge is 2.32. The van der Waals surface area contributed by atoms with Crippen molar-refractivity contribution in [1.29, 1.82) is 5.26 Å². The second-order valence-electron chi connectivity index (χ2n) is 11.8. The highest BCUT2D eigenvalue weighted by Crippen LogP contribution is 2.31. The summed E-state index contributed by atoms with van der Waals surface area (Å²) in [5, 5.41) is 12.3. The van der Waals surface area contributed by atoms with E-state index in [0.29, 0.717) is 11.3 Å². The molecule has 2 aliphatic heterocycles. The van der Waals surface area contributed by atoms with Crippen molar-refractivity contribution in [2.24, 2.45) is 0 Å². The van der Waals surface area contributed by atoms with E-state index in [1.807, 2.05) is 42.5 Å². The van der Waals surface area contributed by atoms with Gasteiger partial charge < -0.3 is 10.2 Å². The fourth-order valence-corrected chi connectivity index (χ4v) is 5.88. The maximum absolute atomic E-state index is 13.2. The first kappa shape index (κ1) is 29.4. The number of rotatable bonds is 8. The molecule has 218 valence electrons. The summed E-state index contributed by atoms with van der Waals surface area (Å²) in [6, 6.07) is 20.5. The molecule has 1 amide bonds. The summed E-state index contributed by atoms with van der Waals surface area (Å²) in [4.78, 5) is 24.5. The second-order valence-corrected chi connectivity index (χ2v) is 11.8. The summed E-state index contributed by atoms with van der Waals surface area (Å²) < 4.78 is 13.2. The summed E-state index contributed by atoms with van der Waals surface area (Å²) >= 11 is 0. The van der Waals surface area contributed by atoms with Crippen LogP contribution < -0.4 is 5.32 Å². The van der Waals surface area contributed by atoms with Gasteiger partial charge in [-0.1, -0.05) is 30.8 Å². The number of nitrogens with one attached hydrogen (secondary N) is 1. The molecule has 0 spiro atoms. The number of piperidine rings is 1. The third-order valence-electron chi connectivity index (χ3n) is 8.74. The number of hydrogen-bond acceptors (Lipinski definition) is 6. The van der Waals surface area contributed by atoms with E-state index >= 15 is 0 Å². The summed E-state index contributed by atoms with van der Waals surface area (Å²) in [6.07, 6.45) is 3.48. The van der Waals surface area contributed by atoms with Crippen molar-refractivity contribution in [2.75, 3.05) is 39.3 Å². The van der Waals surface area contributed by atoms with Crippen molar-refractivity contribution < 1.29 is 9.18 Å². The van der Waals surface area contributed by atoms with Crippen LogP contribution in [0.3, 0.4) is 0 Å². The number of carbonyl (C=O) groups is 1. The largest absolute Gasteiger partial charge is 0.369 e. The lowest BCUT2D eigenvalue weighted by molar-refractivity contribution is 0.0734. The highest BCUT2D eigenvalue weighted by atomic mass is 19.1. The Hall–Kier alpha value is -4.06. The van der Waals surface area contributed by atoms with Gasteiger partial charge in [0.05, 0.1) is 11.6 Å². The van der Waals surface area contributed by atoms with E-state index in [9.17, 15) is 9.18 Å². The zero-order chi connectivity index (χ0) is 29.7. The summed E-state index contributed by atoms with van der Waals surface area (Å²) in [5.74, 6) is -0.356. The Morgan fingerprint density at radius 2 is 1.67 bits per heavy atom. The van der Waals surface area contributed by atoms with Gasteiger partial charge >= 0.3 is 0 Å². The monoisotopic (exact) mass is 566 g/mol. The van der Waals surface area contributed by atoms with Crippen LogP contribution in [0.1, 0.15) is 59.4 Å². The van der Waals surface area contributed by atoms with Crippen LogP contribution >= 0.6 is 0 Å². The van der Waals surface area contributed by atoms with E-state index in [-0.39, 0.29) is 23.3 Å². The molecule has 0 bridgehead atoms. The van der Waals surface area contributed by atoms with E-state index in [0.717, 1.165) is 75.5 Å². The van der Waals surface area contributed by atoms with E-state index in [2.05, 4.69) is 51.5 Å². The van der Waals surface area contributed by atoms with E-state index < -0.39 is 0 Å². The van der Waals surface area contributed by atoms with Gasteiger partial charge in [-0.25, -0.2) is 4.39 Å². The van der Waals surface area contributed by atoms with Gasteiger partial charge in [0.15, 0.2) is 0 Å². The number of halogens is 1. The number of hydrogen-bond donors (Lipinski definition) is 1. The predicted octanol–water partition coefficient (Wildman–Crippen LogP) is 5.01. The molecule has 3 heterocycles. The molecule has 0 unspecified atom stereocenters. The van der Waals surface area contributed by atoms with Crippen LogP contribution in [0.15, 0.2) is 73.4 Å². The Labute approximate surface area is 248 Å². The van der Waals surface area contributed by atoms with Gasteiger partial charge in [0.25, 0.3) is 5.91 Å². The van der Waals surface area contributed by atoms with Crippen molar-refractivity contribution in [3.8, 4) is 6.07 Å². The molecule has 7 nitrogen and oxygen atoms in total. The number of nitrogens with zero attached hydrogens (tertiary/aromatic N) is 5. The van der Waals surface area contributed by atoms with Gasteiger partial charge in [0.1, 0.15) is 11.5 Å². The van der Waals surface area contributed by atoms with Crippen molar-refractivity contribution in [2.45, 2.75) is 44.8 Å². The maximum atomic E-state index is 13.2. The summed E-state index contributed by atoms with van der Waals surface area (Å²) in [7, 11) is 0. The van der Waals surface area contributed by atoms with Crippen molar-refractivity contribution in [3.05, 3.63) is 107 Å². The van der Waals surface area contributed by atoms with Crippen molar-refractivity contribution >= 4 is 11.6 Å². The highest BCUT2D eigenvalue weighted by molar-refractivity contribution is 5.92. The molecule has 1 N–H and O–H groups in total. The molecule has 2 fully saturated rings.